The molecule has 0 amide bonds. The molecular formula is C16H26. The van der Waals surface area contributed by atoms with E-state index in [1.807, 2.05) is 6.92 Å². The van der Waals surface area contributed by atoms with Crippen LogP contribution < -0.4 is 0 Å². The van der Waals surface area contributed by atoms with Crippen molar-refractivity contribution in [3.63, 3.8) is 0 Å². The minimum Gasteiger partial charge on any atom is -0.0914 e. The Morgan fingerprint density at radius 3 is 1.88 bits per heavy atom. The predicted octanol–water partition coefficient (Wildman–Crippen LogP) is 5.10. The average molecular weight is 218 g/mol. The zero-order valence-corrected chi connectivity index (χ0v) is 11.4. The molecule has 0 heteroatoms. The van der Waals surface area contributed by atoms with E-state index < -0.39 is 0 Å². The van der Waals surface area contributed by atoms with Crippen LogP contribution >= 0.6 is 0 Å². The Balaban J connectivity index is 0.000000325. The van der Waals surface area contributed by atoms with Crippen molar-refractivity contribution in [1.82, 2.24) is 0 Å². The van der Waals surface area contributed by atoms with Gasteiger partial charge in [0.1, 0.15) is 0 Å². The van der Waals surface area contributed by atoms with Gasteiger partial charge < -0.3 is 0 Å². The number of hydrogen-bond acceptors (Lipinski definition) is 0. The fraction of sp³-hybridized carbons (Fsp3) is 0.500. The summed E-state index contributed by atoms with van der Waals surface area (Å²) in [6, 6.07) is 10.6. The standard InChI is InChI=1S/C10H14.C6H12/c1-9(2)8-10-6-4-3-5-7-10;1-4-5-6(2)3/h3-7,9H,8H2,1-2H3;4-6H,1-3H3/b;5-4+. The highest BCUT2D eigenvalue weighted by molar-refractivity contribution is 5.14. The first kappa shape index (κ1) is 15.0. The fourth-order valence-electron chi connectivity index (χ4n) is 1.47. The van der Waals surface area contributed by atoms with E-state index in [9.17, 15) is 0 Å². The normalized spacial score (nSPS) is 10.7. The second-order valence-electron chi connectivity index (χ2n) is 4.85. The number of hydrogen-bond donors (Lipinski definition) is 0. The van der Waals surface area contributed by atoms with Crippen molar-refractivity contribution in [3.05, 3.63) is 48.0 Å². The zero-order valence-electron chi connectivity index (χ0n) is 11.4. The van der Waals surface area contributed by atoms with E-state index in [0.29, 0.717) is 0 Å². The maximum absolute atomic E-state index is 2.24. The van der Waals surface area contributed by atoms with Gasteiger partial charge in [0, 0.05) is 0 Å². The van der Waals surface area contributed by atoms with E-state index >= 15 is 0 Å². The molecule has 0 aliphatic carbocycles. The number of benzene rings is 1. The monoisotopic (exact) mass is 218 g/mol. The van der Waals surface area contributed by atoms with Gasteiger partial charge in [0.25, 0.3) is 0 Å². The number of allylic oxidation sites excluding steroid dienone is 2. The van der Waals surface area contributed by atoms with Gasteiger partial charge in [-0.15, -0.1) is 0 Å². The summed E-state index contributed by atoms with van der Waals surface area (Å²) in [5, 5.41) is 0. The van der Waals surface area contributed by atoms with E-state index in [1.165, 1.54) is 12.0 Å². The maximum Gasteiger partial charge on any atom is -0.0256 e. The highest BCUT2D eigenvalue weighted by Gasteiger charge is 1.94. The third-order valence-electron chi connectivity index (χ3n) is 2.06. The Labute approximate surface area is 101 Å². The van der Waals surface area contributed by atoms with Crippen LogP contribution in [0.15, 0.2) is 42.5 Å². The van der Waals surface area contributed by atoms with Gasteiger partial charge in [-0.2, -0.15) is 0 Å². The van der Waals surface area contributed by atoms with Crippen LogP contribution in [0.2, 0.25) is 0 Å². The predicted molar refractivity (Wildman–Crippen MR) is 74.6 cm³/mol. The third kappa shape index (κ3) is 9.51. The Morgan fingerprint density at radius 2 is 1.56 bits per heavy atom. The van der Waals surface area contributed by atoms with E-state index in [2.05, 4.69) is 70.2 Å². The smallest absolute Gasteiger partial charge is 0.0256 e. The molecule has 0 atom stereocenters. The summed E-state index contributed by atoms with van der Waals surface area (Å²) in [7, 11) is 0. The SMILES string of the molecule is C/C=C/C(C)C.CC(C)Cc1ccccc1. The molecule has 0 aliphatic rings. The van der Waals surface area contributed by atoms with Crippen LogP contribution in [-0.4, -0.2) is 0 Å². The van der Waals surface area contributed by atoms with Crippen molar-refractivity contribution in [1.29, 1.82) is 0 Å². The first-order chi connectivity index (χ1) is 7.56. The second-order valence-corrected chi connectivity index (χ2v) is 4.85. The highest BCUT2D eigenvalue weighted by atomic mass is 14.0. The van der Waals surface area contributed by atoms with Crippen molar-refractivity contribution in [3.8, 4) is 0 Å². The molecule has 0 saturated carbocycles. The molecule has 0 aromatic heterocycles. The van der Waals surface area contributed by atoms with Gasteiger partial charge in [0.2, 0.25) is 0 Å². The Bertz CT molecular complexity index is 267. The van der Waals surface area contributed by atoms with Crippen LogP contribution in [0, 0.1) is 11.8 Å². The van der Waals surface area contributed by atoms with E-state index in [-0.39, 0.29) is 0 Å². The summed E-state index contributed by atoms with van der Waals surface area (Å²) in [6.45, 7) is 10.9. The zero-order chi connectivity index (χ0) is 12.4. The van der Waals surface area contributed by atoms with E-state index in [0.717, 1.165) is 11.8 Å². The molecule has 90 valence electrons. The summed E-state index contributed by atoms with van der Waals surface area (Å²) in [5.41, 5.74) is 1.44. The highest BCUT2D eigenvalue weighted by Crippen LogP contribution is 2.06. The van der Waals surface area contributed by atoms with Crippen molar-refractivity contribution in [2.45, 2.75) is 41.0 Å². The van der Waals surface area contributed by atoms with Crippen LogP contribution in [0.5, 0.6) is 0 Å². The lowest BCUT2D eigenvalue weighted by Crippen LogP contribution is -1.92. The molecule has 0 spiro atoms. The van der Waals surface area contributed by atoms with Crippen LogP contribution in [-0.2, 0) is 6.42 Å². The van der Waals surface area contributed by atoms with Crippen molar-refractivity contribution in [2.75, 3.05) is 0 Å². The summed E-state index contributed by atoms with van der Waals surface area (Å²) in [5.74, 6) is 1.48. The molecular weight excluding hydrogens is 192 g/mol. The molecule has 0 radical (unpaired) electrons. The van der Waals surface area contributed by atoms with Crippen LogP contribution in [0.1, 0.15) is 40.2 Å². The summed E-state index contributed by atoms with van der Waals surface area (Å²) < 4.78 is 0. The van der Waals surface area contributed by atoms with Gasteiger partial charge in [-0.05, 0) is 30.7 Å². The van der Waals surface area contributed by atoms with Gasteiger partial charge in [-0.3, -0.25) is 0 Å². The lowest BCUT2D eigenvalue weighted by Gasteiger charge is -2.02. The molecule has 1 rings (SSSR count). The molecule has 0 saturated heterocycles. The van der Waals surface area contributed by atoms with Crippen molar-refractivity contribution >= 4 is 0 Å². The molecule has 0 unspecified atom stereocenters. The first-order valence-corrected chi connectivity index (χ1v) is 6.23. The van der Waals surface area contributed by atoms with Gasteiger partial charge in [0.05, 0.1) is 0 Å². The minimum atomic E-state index is 0.718. The van der Waals surface area contributed by atoms with E-state index in [1.54, 1.807) is 0 Å². The summed E-state index contributed by atoms with van der Waals surface area (Å²) in [4.78, 5) is 0. The summed E-state index contributed by atoms with van der Waals surface area (Å²) in [6.07, 6.45) is 5.44. The minimum absolute atomic E-state index is 0.718. The molecule has 1 aromatic rings. The molecule has 0 heterocycles. The first-order valence-electron chi connectivity index (χ1n) is 6.23. The van der Waals surface area contributed by atoms with Gasteiger partial charge in [0.15, 0.2) is 0 Å². The van der Waals surface area contributed by atoms with Crippen LogP contribution in [0.4, 0.5) is 0 Å². The summed E-state index contributed by atoms with van der Waals surface area (Å²) >= 11 is 0. The van der Waals surface area contributed by atoms with Gasteiger partial charge in [-0.25, -0.2) is 0 Å². The lowest BCUT2D eigenvalue weighted by molar-refractivity contribution is 0.647. The van der Waals surface area contributed by atoms with Gasteiger partial charge in [-0.1, -0.05) is 70.2 Å². The van der Waals surface area contributed by atoms with Crippen LogP contribution in [0.3, 0.4) is 0 Å². The number of rotatable bonds is 3. The maximum atomic E-state index is 2.24. The molecule has 0 bridgehead atoms. The molecule has 1 aromatic carbocycles. The molecule has 0 fully saturated rings. The Kier molecular flexibility index (Phi) is 8.61. The molecule has 16 heavy (non-hydrogen) atoms. The quantitative estimate of drug-likeness (QED) is 0.619. The molecule has 0 aliphatic heterocycles. The average Bonchev–Trinajstić information content (AvgIpc) is 2.18. The molecule has 0 N–H and O–H groups in total. The topological polar surface area (TPSA) is 0 Å². The Morgan fingerprint density at radius 1 is 1.00 bits per heavy atom. The largest absolute Gasteiger partial charge is 0.0914 e. The second kappa shape index (κ2) is 9.21. The van der Waals surface area contributed by atoms with Crippen molar-refractivity contribution in [2.24, 2.45) is 11.8 Å². The van der Waals surface area contributed by atoms with Crippen LogP contribution in [0.25, 0.3) is 0 Å². The van der Waals surface area contributed by atoms with E-state index in [4.69, 9.17) is 0 Å². The third-order valence-corrected chi connectivity index (χ3v) is 2.06. The van der Waals surface area contributed by atoms with Gasteiger partial charge >= 0.3 is 0 Å². The Hall–Kier alpha value is -1.04. The van der Waals surface area contributed by atoms with Crippen molar-refractivity contribution < 1.29 is 0 Å². The fourth-order valence-corrected chi connectivity index (χ4v) is 1.47. The molecule has 0 nitrogen and oxygen atoms in total. The lowest BCUT2D eigenvalue weighted by atomic mass is 10.0.